The second-order valence-corrected chi connectivity index (χ2v) is 7.62. The van der Waals surface area contributed by atoms with E-state index < -0.39 is 0 Å². The van der Waals surface area contributed by atoms with E-state index in [-0.39, 0.29) is 6.10 Å². The molecule has 19 heavy (non-hydrogen) atoms. The fourth-order valence-corrected chi connectivity index (χ4v) is 3.96. The molecule has 1 aromatic heterocycles. The molecule has 108 valence electrons. The van der Waals surface area contributed by atoms with E-state index in [1.165, 1.54) is 25.7 Å². The average molecular weight is 281 g/mol. The lowest BCUT2D eigenvalue weighted by Crippen LogP contribution is -2.45. The van der Waals surface area contributed by atoms with Crippen molar-refractivity contribution in [3.63, 3.8) is 0 Å². The average Bonchev–Trinajstić information content (AvgIpc) is 2.89. The number of aliphatic hydroxyl groups is 1. The van der Waals surface area contributed by atoms with Gasteiger partial charge in [0.2, 0.25) is 0 Å². The highest BCUT2D eigenvalue weighted by Gasteiger charge is 2.33. The minimum absolute atomic E-state index is 0.353. The Balaban J connectivity index is 1.89. The number of hydrogen-bond donors (Lipinski definition) is 2. The van der Waals surface area contributed by atoms with Crippen molar-refractivity contribution in [3.8, 4) is 0 Å². The molecule has 1 heterocycles. The molecule has 1 aliphatic carbocycles. The summed E-state index contributed by atoms with van der Waals surface area (Å²) in [5.41, 5.74) is 1.39. The molecular formula is C16H27NOS. The van der Waals surface area contributed by atoms with Crippen LogP contribution < -0.4 is 5.32 Å². The Morgan fingerprint density at radius 1 is 1.37 bits per heavy atom. The molecule has 0 saturated heterocycles. The van der Waals surface area contributed by atoms with Crippen LogP contribution in [0.15, 0.2) is 16.8 Å². The van der Waals surface area contributed by atoms with Crippen molar-refractivity contribution in [2.45, 2.75) is 58.6 Å². The van der Waals surface area contributed by atoms with Gasteiger partial charge >= 0.3 is 0 Å². The first kappa shape index (κ1) is 15.0. The summed E-state index contributed by atoms with van der Waals surface area (Å²) in [6, 6.07) is 2.57. The maximum absolute atomic E-state index is 10.2. The summed E-state index contributed by atoms with van der Waals surface area (Å²) >= 11 is 1.65. The predicted molar refractivity (Wildman–Crippen MR) is 82.5 cm³/mol. The summed E-state index contributed by atoms with van der Waals surface area (Å²) < 4.78 is 0. The molecule has 0 radical (unpaired) electrons. The molecule has 0 spiro atoms. The molecule has 1 aliphatic rings. The Morgan fingerprint density at radius 2 is 2.11 bits per heavy atom. The fourth-order valence-electron chi connectivity index (χ4n) is 3.26. The van der Waals surface area contributed by atoms with Gasteiger partial charge in [-0.3, -0.25) is 0 Å². The van der Waals surface area contributed by atoms with Crippen molar-refractivity contribution < 1.29 is 5.11 Å². The molecule has 2 N–H and O–H groups in total. The number of hydrogen-bond acceptors (Lipinski definition) is 3. The molecule has 3 atom stereocenters. The summed E-state index contributed by atoms with van der Waals surface area (Å²) in [4.78, 5) is 0. The molecule has 2 rings (SSSR count). The minimum atomic E-state index is -0.367. The van der Waals surface area contributed by atoms with Gasteiger partial charge in [-0.15, -0.1) is 0 Å². The van der Waals surface area contributed by atoms with E-state index >= 15 is 0 Å². The predicted octanol–water partition coefficient (Wildman–Crippen LogP) is 3.98. The standard InChI is InChI=1S/C16H27NOS/c1-16(2,3)13-6-4-5-7-14(13)17-10-15(18)12-8-9-19-11-12/h8-9,11,13-15,17-18H,4-7,10H2,1-3H3. The number of rotatable bonds is 4. The topological polar surface area (TPSA) is 32.3 Å². The van der Waals surface area contributed by atoms with Crippen LogP contribution in [0.2, 0.25) is 0 Å². The number of nitrogens with one attached hydrogen (secondary N) is 1. The molecule has 1 saturated carbocycles. The number of thiophene rings is 1. The summed E-state index contributed by atoms with van der Waals surface area (Å²) in [6.45, 7) is 7.70. The van der Waals surface area contributed by atoms with Gasteiger partial charge < -0.3 is 10.4 Å². The molecule has 0 bridgehead atoms. The van der Waals surface area contributed by atoms with Crippen LogP contribution in [0.5, 0.6) is 0 Å². The molecule has 0 aromatic carbocycles. The van der Waals surface area contributed by atoms with E-state index in [4.69, 9.17) is 0 Å². The van der Waals surface area contributed by atoms with Crippen LogP contribution in [0.25, 0.3) is 0 Å². The molecule has 1 fully saturated rings. The van der Waals surface area contributed by atoms with Crippen molar-refractivity contribution >= 4 is 11.3 Å². The molecule has 1 aromatic rings. The molecule has 3 heteroatoms. The third kappa shape index (κ3) is 4.04. The van der Waals surface area contributed by atoms with Crippen LogP contribution in [0.1, 0.15) is 58.1 Å². The molecular weight excluding hydrogens is 254 g/mol. The van der Waals surface area contributed by atoms with Gasteiger partial charge in [-0.25, -0.2) is 0 Å². The Morgan fingerprint density at radius 3 is 2.74 bits per heavy atom. The summed E-state index contributed by atoms with van der Waals surface area (Å²) in [5.74, 6) is 0.718. The summed E-state index contributed by atoms with van der Waals surface area (Å²) in [6.07, 6.45) is 4.87. The zero-order valence-electron chi connectivity index (χ0n) is 12.4. The van der Waals surface area contributed by atoms with Gasteiger partial charge in [0.15, 0.2) is 0 Å². The molecule has 3 unspecified atom stereocenters. The van der Waals surface area contributed by atoms with Crippen molar-refractivity contribution in [2.24, 2.45) is 11.3 Å². The Labute approximate surface area is 121 Å². The van der Waals surface area contributed by atoms with Crippen LogP contribution in [0, 0.1) is 11.3 Å². The van der Waals surface area contributed by atoms with Gasteiger partial charge in [0.1, 0.15) is 0 Å². The van der Waals surface area contributed by atoms with E-state index in [1.54, 1.807) is 11.3 Å². The van der Waals surface area contributed by atoms with Gasteiger partial charge in [0, 0.05) is 12.6 Å². The zero-order chi connectivity index (χ0) is 13.9. The SMILES string of the molecule is CC(C)(C)C1CCCCC1NCC(O)c1ccsc1. The van der Waals surface area contributed by atoms with E-state index in [0.29, 0.717) is 18.0 Å². The Hall–Kier alpha value is -0.380. The van der Waals surface area contributed by atoms with Gasteiger partial charge in [-0.2, -0.15) is 11.3 Å². The van der Waals surface area contributed by atoms with Crippen molar-refractivity contribution in [3.05, 3.63) is 22.4 Å². The molecule has 2 nitrogen and oxygen atoms in total. The zero-order valence-corrected chi connectivity index (χ0v) is 13.2. The second-order valence-electron chi connectivity index (χ2n) is 6.84. The van der Waals surface area contributed by atoms with Gasteiger partial charge in [0.25, 0.3) is 0 Å². The van der Waals surface area contributed by atoms with E-state index in [1.807, 2.05) is 16.8 Å². The van der Waals surface area contributed by atoms with Crippen LogP contribution in [-0.2, 0) is 0 Å². The Kier molecular flexibility index (Phi) is 5.04. The van der Waals surface area contributed by atoms with Crippen LogP contribution in [-0.4, -0.2) is 17.7 Å². The first-order valence-electron chi connectivity index (χ1n) is 7.42. The highest BCUT2D eigenvalue weighted by Crippen LogP contribution is 2.38. The van der Waals surface area contributed by atoms with Crippen LogP contribution in [0.4, 0.5) is 0 Å². The third-order valence-corrected chi connectivity index (χ3v) is 5.08. The highest BCUT2D eigenvalue weighted by molar-refractivity contribution is 7.07. The van der Waals surface area contributed by atoms with Crippen molar-refractivity contribution in [1.82, 2.24) is 5.32 Å². The van der Waals surface area contributed by atoms with Crippen LogP contribution in [0.3, 0.4) is 0 Å². The maximum Gasteiger partial charge on any atom is 0.0922 e. The van der Waals surface area contributed by atoms with E-state index in [9.17, 15) is 5.11 Å². The first-order valence-corrected chi connectivity index (χ1v) is 8.36. The van der Waals surface area contributed by atoms with Gasteiger partial charge in [0.05, 0.1) is 6.10 Å². The lowest BCUT2D eigenvalue weighted by Gasteiger charge is -2.41. The lowest BCUT2D eigenvalue weighted by atomic mass is 9.69. The fraction of sp³-hybridized carbons (Fsp3) is 0.750. The smallest absolute Gasteiger partial charge is 0.0922 e. The van der Waals surface area contributed by atoms with E-state index in [0.717, 1.165) is 11.5 Å². The normalized spacial score (nSPS) is 26.3. The van der Waals surface area contributed by atoms with Crippen molar-refractivity contribution in [2.75, 3.05) is 6.54 Å². The highest BCUT2D eigenvalue weighted by atomic mass is 32.1. The quantitative estimate of drug-likeness (QED) is 0.875. The van der Waals surface area contributed by atoms with Gasteiger partial charge in [-0.1, -0.05) is 33.6 Å². The molecule has 0 amide bonds. The summed E-state index contributed by atoms with van der Waals surface area (Å²) in [7, 11) is 0. The minimum Gasteiger partial charge on any atom is -0.387 e. The second kappa shape index (κ2) is 6.38. The van der Waals surface area contributed by atoms with Crippen molar-refractivity contribution in [1.29, 1.82) is 0 Å². The monoisotopic (exact) mass is 281 g/mol. The first-order chi connectivity index (χ1) is 8.98. The largest absolute Gasteiger partial charge is 0.387 e. The summed E-state index contributed by atoms with van der Waals surface area (Å²) in [5, 5.41) is 17.9. The third-order valence-electron chi connectivity index (χ3n) is 4.38. The maximum atomic E-state index is 10.2. The lowest BCUT2D eigenvalue weighted by molar-refractivity contribution is 0.109. The van der Waals surface area contributed by atoms with Crippen LogP contribution >= 0.6 is 11.3 Å². The molecule has 0 aliphatic heterocycles. The van der Waals surface area contributed by atoms with E-state index in [2.05, 4.69) is 26.1 Å². The Bertz CT molecular complexity index is 369. The van der Waals surface area contributed by atoms with Gasteiger partial charge in [-0.05, 0) is 46.6 Å². The number of aliphatic hydroxyl groups excluding tert-OH is 1.